The van der Waals surface area contributed by atoms with Crippen LogP contribution in [0.5, 0.6) is 0 Å². The molecule has 2 unspecified atom stereocenters. The van der Waals surface area contributed by atoms with Crippen LogP contribution in [0.15, 0.2) is 62.9 Å². The number of amides is 1. The van der Waals surface area contributed by atoms with Crippen LogP contribution in [0, 0.1) is 0 Å². The number of nitrogens with one attached hydrogen (secondary N) is 4. The number of fused-ring (bicyclic) bond motifs is 1. The number of benzene rings is 2. The molecule has 5 rings (SSSR count). The minimum absolute atomic E-state index is 0.0264. The number of sulfonamides is 1. The monoisotopic (exact) mass is 748 g/mol. The molecule has 4 atom stereocenters. The zero-order chi connectivity index (χ0) is 35.8. The first-order chi connectivity index (χ1) is 23.9. The number of esters is 1. The normalized spacial score (nSPS) is 18.6. The molecule has 5 N–H and O–H groups in total. The summed E-state index contributed by atoms with van der Waals surface area (Å²) in [7, 11) is -4.03. The van der Waals surface area contributed by atoms with Crippen molar-refractivity contribution in [3.8, 4) is 0 Å². The van der Waals surface area contributed by atoms with Crippen LogP contribution < -0.4 is 20.1 Å². The van der Waals surface area contributed by atoms with Crippen molar-refractivity contribution in [2.75, 3.05) is 18.5 Å². The van der Waals surface area contributed by atoms with E-state index in [-0.39, 0.29) is 48.0 Å². The molecule has 1 amide bonds. The number of carbonyl (C=O) groups excluding carboxylic acids is 2. The Kier molecular flexibility index (Phi) is 12.8. The molecule has 2 aliphatic heterocycles. The number of rotatable bonds is 16. The van der Waals surface area contributed by atoms with E-state index in [0.717, 1.165) is 18.5 Å². The molecule has 270 valence electrons. The Labute approximate surface area is 300 Å². The van der Waals surface area contributed by atoms with Crippen molar-refractivity contribution >= 4 is 57.1 Å². The highest BCUT2D eigenvalue weighted by Gasteiger charge is 2.37. The highest BCUT2D eigenvalue weighted by Crippen LogP contribution is 2.37. The molecule has 0 spiro atoms. The van der Waals surface area contributed by atoms with Gasteiger partial charge in [0.25, 0.3) is 0 Å². The van der Waals surface area contributed by atoms with Crippen LogP contribution in [0.4, 0.5) is 5.69 Å². The second-order valence-electron chi connectivity index (χ2n) is 12.0. The van der Waals surface area contributed by atoms with Crippen molar-refractivity contribution in [3.63, 3.8) is 0 Å². The Morgan fingerprint density at radius 3 is 2.74 bits per heavy atom. The van der Waals surface area contributed by atoms with Gasteiger partial charge in [0.1, 0.15) is 23.2 Å². The van der Waals surface area contributed by atoms with E-state index in [1.165, 1.54) is 34.7 Å². The number of carboxylic acid groups (broad SMARTS) is 1. The quantitative estimate of drug-likeness (QED) is 0.105. The van der Waals surface area contributed by atoms with Crippen molar-refractivity contribution in [1.82, 2.24) is 24.6 Å². The maximum Gasteiger partial charge on any atom is 0.326 e. The Bertz CT molecular complexity index is 1780. The molecule has 0 radical (unpaired) electrons. The van der Waals surface area contributed by atoms with Gasteiger partial charge in [0.05, 0.1) is 41.8 Å². The molecule has 14 nitrogen and oxygen atoms in total. The number of hydrogen-bond donors (Lipinski definition) is 5. The number of nitrogens with zero attached hydrogens (tertiary/aromatic N) is 2. The zero-order valence-corrected chi connectivity index (χ0v) is 30.1. The second kappa shape index (κ2) is 17.0. The van der Waals surface area contributed by atoms with Crippen molar-refractivity contribution in [2.24, 2.45) is 0 Å². The fourth-order valence-corrected chi connectivity index (χ4v) is 8.33. The number of likely N-dealkylation sites (tertiary alicyclic amines) is 1. The maximum atomic E-state index is 13.3. The minimum atomic E-state index is -4.03. The topological polar surface area (TPSA) is 192 Å². The molecule has 2 aliphatic rings. The lowest BCUT2D eigenvalue weighted by molar-refractivity contribution is -0.150. The van der Waals surface area contributed by atoms with Gasteiger partial charge in [0.15, 0.2) is 5.89 Å². The third kappa shape index (κ3) is 9.56. The van der Waals surface area contributed by atoms with Crippen molar-refractivity contribution in [3.05, 3.63) is 70.9 Å². The van der Waals surface area contributed by atoms with Crippen LogP contribution in [0.3, 0.4) is 0 Å². The summed E-state index contributed by atoms with van der Waals surface area (Å²) in [5, 5.41) is 15.9. The van der Waals surface area contributed by atoms with Gasteiger partial charge < -0.3 is 24.5 Å². The first kappa shape index (κ1) is 37.6. The second-order valence-corrected chi connectivity index (χ2v) is 15.1. The SMILES string of the molecule is CCOC(=O)C(CCc1nc(CNS(=O)(=O)c2cc3c(cc2Cl)NC(CCc2ccccc2)NS3)co1)N[C@@H](C)C(=O)N1CCC[C@H]1C(=O)O. The maximum absolute atomic E-state index is 13.3. The standard InChI is InChI=1S/C33H41ClN6O8S2/c1-3-47-33(44)24(36-20(2)31(41)40-15-7-10-26(40)32(42)43)12-14-30-37-22(19-48-30)18-35-50(45,46)28-17-27-25(16-23(28)34)38-29(39-49-27)13-11-21-8-5-4-6-9-21/h4-6,8-9,16-17,19-20,24,26,29,35-36,38-39H,3,7,10-15,18H2,1-2H3,(H,42,43)/t20-,24?,26-,29?/m0/s1. The van der Waals surface area contributed by atoms with Gasteiger partial charge in [0, 0.05) is 17.9 Å². The fraction of sp³-hybridized carbons (Fsp3) is 0.455. The van der Waals surface area contributed by atoms with Gasteiger partial charge >= 0.3 is 11.9 Å². The van der Waals surface area contributed by atoms with E-state index in [1.807, 2.05) is 18.2 Å². The molecular formula is C33H41ClN6O8S2. The summed E-state index contributed by atoms with van der Waals surface area (Å²) in [6, 6.07) is 10.6. The summed E-state index contributed by atoms with van der Waals surface area (Å²) in [6.07, 6.45) is 4.28. The lowest BCUT2D eigenvalue weighted by Crippen LogP contribution is -2.53. The van der Waals surface area contributed by atoms with Crippen LogP contribution in [0.25, 0.3) is 0 Å². The number of aliphatic carboxylic acids is 1. The van der Waals surface area contributed by atoms with Gasteiger partial charge in [-0.25, -0.2) is 27.6 Å². The smallest absolute Gasteiger partial charge is 0.326 e. The molecule has 1 fully saturated rings. The number of carboxylic acids is 1. The Morgan fingerprint density at radius 2 is 2.00 bits per heavy atom. The van der Waals surface area contributed by atoms with E-state index in [9.17, 15) is 27.9 Å². The molecule has 0 saturated carbocycles. The van der Waals surface area contributed by atoms with Crippen LogP contribution in [-0.2, 0) is 48.5 Å². The Hall–Kier alpha value is -3.67. The predicted octanol–water partition coefficient (Wildman–Crippen LogP) is 3.71. The van der Waals surface area contributed by atoms with Crippen LogP contribution >= 0.6 is 23.5 Å². The number of ether oxygens (including phenoxy) is 1. The minimum Gasteiger partial charge on any atom is -0.480 e. The predicted molar refractivity (Wildman–Crippen MR) is 187 cm³/mol. The van der Waals surface area contributed by atoms with E-state index in [1.54, 1.807) is 19.9 Å². The fourth-order valence-electron chi connectivity index (χ4n) is 5.86. The Morgan fingerprint density at radius 1 is 1.22 bits per heavy atom. The average Bonchev–Trinajstić information content (AvgIpc) is 3.78. The van der Waals surface area contributed by atoms with Gasteiger partial charge in [-0.05, 0) is 75.6 Å². The third-order valence-electron chi connectivity index (χ3n) is 8.43. The summed E-state index contributed by atoms with van der Waals surface area (Å²) in [5.41, 5.74) is 2.28. The molecule has 1 aromatic heterocycles. The van der Waals surface area contributed by atoms with E-state index >= 15 is 0 Å². The zero-order valence-electron chi connectivity index (χ0n) is 27.7. The van der Waals surface area contributed by atoms with Crippen LogP contribution in [0.2, 0.25) is 5.02 Å². The highest BCUT2D eigenvalue weighted by molar-refractivity contribution is 7.97. The van der Waals surface area contributed by atoms with Crippen LogP contribution in [0.1, 0.15) is 56.7 Å². The van der Waals surface area contributed by atoms with E-state index < -0.39 is 46.0 Å². The summed E-state index contributed by atoms with van der Waals surface area (Å²) in [4.78, 5) is 43.6. The lowest BCUT2D eigenvalue weighted by atomic mass is 10.1. The number of halogens is 1. The molecule has 0 bridgehead atoms. The van der Waals surface area contributed by atoms with Crippen molar-refractivity contribution < 1.29 is 37.1 Å². The largest absolute Gasteiger partial charge is 0.480 e. The number of carbonyl (C=O) groups is 3. The first-order valence-corrected chi connectivity index (χ1v) is 19.1. The third-order valence-corrected chi connectivity index (χ3v) is 11.3. The molecular weight excluding hydrogens is 708 g/mol. The first-order valence-electron chi connectivity index (χ1n) is 16.4. The highest BCUT2D eigenvalue weighted by atomic mass is 35.5. The molecule has 1 saturated heterocycles. The Balaban J connectivity index is 1.15. The van der Waals surface area contributed by atoms with Crippen molar-refractivity contribution in [1.29, 1.82) is 0 Å². The molecule has 2 aromatic carbocycles. The van der Waals surface area contributed by atoms with Gasteiger partial charge in [-0.3, -0.25) is 14.9 Å². The number of oxazole rings is 1. The lowest BCUT2D eigenvalue weighted by Gasteiger charge is -2.28. The van der Waals surface area contributed by atoms with Gasteiger partial charge in [-0.1, -0.05) is 41.9 Å². The number of aryl methyl sites for hydroxylation is 2. The summed E-state index contributed by atoms with van der Waals surface area (Å²) >= 11 is 7.81. The number of hydrogen-bond acceptors (Lipinski definition) is 12. The average molecular weight is 749 g/mol. The number of aromatic nitrogens is 1. The van der Waals surface area contributed by atoms with E-state index in [4.69, 9.17) is 20.8 Å². The molecule has 17 heteroatoms. The van der Waals surface area contributed by atoms with Gasteiger partial charge in [0.2, 0.25) is 15.9 Å². The van der Waals surface area contributed by atoms with E-state index in [0.29, 0.717) is 30.0 Å². The molecule has 50 heavy (non-hydrogen) atoms. The van der Waals surface area contributed by atoms with Gasteiger partial charge in [-0.2, -0.15) is 0 Å². The van der Waals surface area contributed by atoms with Crippen molar-refractivity contribution in [2.45, 2.75) is 93.0 Å². The van der Waals surface area contributed by atoms with E-state index in [2.05, 4.69) is 37.2 Å². The molecule has 0 aliphatic carbocycles. The summed E-state index contributed by atoms with van der Waals surface area (Å²) < 4.78 is 43.1. The van der Waals surface area contributed by atoms with Crippen LogP contribution in [-0.4, -0.2) is 78.7 Å². The summed E-state index contributed by atoms with van der Waals surface area (Å²) in [6.45, 7) is 3.53. The molecule has 3 heterocycles. The summed E-state index contributed by atoms with van der Waals surface area (Å²) in [5.74, 6) is -1.80. The molecule has 3 aromatic rings. The number of anilines is 1. The van der Waals surface area contributed by atoms with Gasteiger partial charge in [-0.15, -0.1) is 0 Å².